The fraction of sp³-hybridized carbons (Fsp3) is 0.364. The van der Waals surface area contributed by atoms with Crippen LogP contribution in [0.1, 0.15) is 18.9 Å². The van der Waals surface area contributed by atoms with Gasteiger partial charge in [-0.15, -0.1) is 0 Å². The summed E-state index contributed by atoms with van der Waals surface area (Å²) in [6.45, 7) is 2.08. The molecular weight excluding hydrogens is 214 g/mol. The summed E-state index contributed by atoms with van der Waals surface area (Å²) in [4.78, 5) is 11.2. The molecule has 0 radical (unpaired) electrons. The predicted octanol–water partition coefficient (Wildman–Crippen LogP) is 2.12. The molecule has 0 aliphatic carbocycles. The zero-order valence-electron chi connectivity index (χ0n) is 8.57. The van der Waals surface area contributed by atoms with Crippen molar-refractivity contribution in [3.05, 3.63) is 34.9 Å². The number of esters is 1. The Morgan fingerprint density at radius 2 is 2.07 bits per heavy atom. The Labute approximate surface area is 94.2 Å². The van der Waals surface area contributed by atoms with E-state index in [1.54, 1.807) is 12.1 Å². The second kappa shape index (κ2) is 5.73. The number of rotatable bonds is 4. The second-order valence-corrected chi connectivity index (χ2v) is 3.69. The normalized spacial score (nSPS) is 12.2. The summed E-state index contributed by atoms with van der Waals surface area (Å²) < 4.78 is 5.01. The van der Waals surface area contributed by atoms with E-state index < -0.39 is 6.04 Å². The molecule has 0 fully saturated rings. The van der Waals surface area contributed by atoms with Gasteiger partial charge < -0.3 is 10.5 Å². The Balaban J connectivity index is 2.43. The quantitative estimate of drug-likeness (QED) is 0.802. The molecule has 0 saturated heterocycles. The molecule has 1 rings (SSSR count). The van der Waals surface area contributed by atoms with Crippen molar-refractivity contribution < 1.29 is 9.53 Å². The Bertz CT molecular complexity index is 324. The van der Waals surface area contributed by atoms with E-state index in [0.717, 1.165) is 5.56 Å². The van der Waals surface area contributed by atoms with Crippen LogP contribution < -0.4 is 5.73 Å². The first-order valence-corrected chi connectivity index (χ1v) is 5.18. The van der Waals surface area contributed by atoms with Crippen molar-refractivity contribution in [1.82, 2.24) is 0 Å². The molecule has 0 aliphatic rings. The standard InChI is InChI=1S/C11H14ClNO2/c1-2-10(13)11(14)15-7-8-3-5-9(12)6-4-8/h3-6,10H,2,7,13H2,1H3/t10-/m0/s1. The third kappa shape index (κ3) is 3.90. The molecular formula is C11H14ClNO2. The Morgan fingerprint density at radius 1 is 1.47 bits per heavy atom. The lowest BCUT2D eigenvalue weighted by molar-refractivity contribution is -0.146. The fourth-order valence-electron chi connectivity index (χ4n) is 1.01. The molecule has 0 bridgehead atoms. The Morgan fingerprint density at radius 3 is 2.60 bits per heavy atom. The van der Waals surface area contributed by atoms with Crippen LogP contribution in [0.4, 0.5) is 0 Å². The van der Waals surface area contributed by atoms with Crippen molar-refractivity contribution >= 4 is 17.6 Å². The average Bonchev–Trinajstić information content (AvgIpc) is 2.26. The van der Waals surface area contributed by atoms with Gasteiger partial charge in [-0.2, -0.15) is 0 Å². The van der Waals surface area contributed by atoms with Gasteiger partial charge in [-0.1, -0.05) is 30.7 Å². The molecule has 0 spiro atoms. The lowest BCUT2D eigenvalue weighted by Crippen LogP contribution is -2.31. The summed E-state index contributed by atoms with van der Waals surface area (Å²) in [7, 11) is 0. The number of ether oxygens (including phenoxy) is 1. The molecule has 82 valence electrons. The van der Waals surface area contributed by atoms with Gasteiger partial charge in [-0.3, -0.25) is 4.79 Å². The monoisotopic (exact) mass is 227 g/mol. The zero-order valence-corrected chi connectivity index (χ0v) is 9.33. The highest BCUT2D eigenvalue weighted by Gasteiger charge is 2.11. The predicted molar refractivity (Wildman–Crippen MR) is 59.5 cm³/mol. The van der Waals surface area contributed by atoms with Crippen LogP contribution >= 0.6 is 11.6 Å². The van der Waals surface area contributed by atoms with Crippen molar-refractivity contribution in [3.8, 4) is 0 Å². The highest BCUT2D eigenvalue weighted by molar-refractivity contribution is 6.30. The van der Waals surface area contributed by atoms with Crippen LogP contribution in [0.5, 0.6) is 0 Å². The number of carbonyl (C=O) groups is 1. The Kier molecular flexibility index (Phi) is 4.59. The summed E-state index contributed by atoms with van der Waals surface area (Å²) in [5, 5.41) is 0.662. The molecule has 0 saturated carbocycles. The van der Waals surface area contributed by atoms with Gasteiger partial charge in [0, 0.05) is 5.02 Å². The van der Waals surface area contributed by atoms with Crippen LogP contribution in [0.15, 0.2) is 24.3 Å². The van der Waals surface area contributed by atoms with Gasteiger partial charge in [0.15, 0.2) is 0 Å². The van der Waals surface area contributed by atoms with Crippen molar-refractivity contribution in [2.24, 2.45) is 5.73 Å². The summed E-state index contributed by atoms with van der Waals surface area (Å²) in [6, 6.07) is 6.60. The van der Waals surface area contributed by atoms with E-state index in [2.05, 4.69) is 0 Å². The topological polar surface area (TPSA) is 52.3 Å². The van der Waals surface area contributed by atoms with Gasteiger partial charge in [0.2, 0.25) is 0 Å². The van der Waals surface area contributed by atoms with Crippen molar-refractivity contribution in [2.45, 2.75) is 26.0 Å². The van der Waals surface area contributed by atoms with Crippen LogP contribution in [0.2, 0.25) is 5.02 Å². The van der Waals surface area contributed by atoms with E-state index in [4.69, 9.17) is 22.1 Å². The minimum atomic E-state index is -0.530. The molecule has 0 amide bonds. The molecule has 2 N–H and O–H groups in total. The van der Waals surface area contributed by atoms with E-state index in [1.165, 1.54) is 0 Å². The third-order valence-corrected chi connectivity index (χ3v) is 2.29. The van der Waals surface area contributed by atoms with Crippen molar-refractivity contribution in [1.29, 1.82) is 0 Å². The van der Waals surface area contributed by atoms with Crippen molar-refractivity contribution in [3.63, 3.8) is 0 Å². The van der Waals surface area contributed by atoms with Crippen LogP contribution in [0.3, 0.4) is 0 Å². The van der Waals surface area contributed by atoms with Crippen molar-refractivity contribution in [2.75, 3.05) is 0 Å². The minimum absolute atomic E-state index is 0.240. The summed E-state index contributed by atoms with van der Waals surface area (Å²) in [5.41, 5.74) is 6.41. The molecule has 0 unspecified atom stereocenters. The SMILES string of the molecule is CC[C@H](N)C(=O)OCc1ccc(Cl)cc1. The van der Waals surface area contributed by atoms with E-state index in [9.17, 15) is 4.79 Å². The molecule has 1 aromatic rings. The smallest absolute Gasteiger partial charge is 0.323 e. The molecule has 1 aromatic carbocycles. The zero-order chi connectivity index (χ0) is 11.3. The fourth-order valence-corrected chi connectivity index (χ4v) is 1.13. The number of benzene rings is 1. The van der Waals surface area contributed by atoms with Crippen LogP contribution in [-0.4, -0.2) is 12.0 Å². The highest BCUT2D eigenvalue weighted by atomic mass is 35.5. The van der Waals surface area contributed by atoms with E-state index >= 15 is 0 Å². The maximum atomic E-state index is 11.2. The third-order valence-electron chi connectivity index (χ3n) is 2.04. The lowest BCUT2D eigenvalue weighted by atomic mass is 10.2. The highest BCUT2D eigenvalue weighted by Crippen LogP contribution is 2.10. The van der Waals surface area contributed by atoms with E-state index in [-0.39, 0.29) is 12.6 Å². The number of nitrogens with two attached hydrogens (primary N) is 1. The van der Waals surface area contributed by atoms with Gasteiger partial charge in [-0.05, 0) is 24.1 Å². The first-order valence-electron chi connectivity index (χ1n) is 4.80. The maximum absolute atomic E-state index is 11.2. The molecule has 3 nitrogen and oxygen atoms in total. The van der Waals surface area contributed by atoms with Crippen LogP contribution in [0, 0.1) is 0 Å². The van der Waals surface area contributed by atoms with Gasteiger partial charge in [0.05, 0.1) is 0 Å². The summed E-state index contributed by atoms with van der Waals surface area (Å²) in [6.07, 6.45) is 0.583. The molecule has 0 aromatic heterocycles. The molecule has 4 heteroatoms. The van der Waals surface area contributed by atoms with Gasteiger partial charge in [0.1, 0.15) is 12.6 Å². The van der Waals surface area contributed by atoms with Crippen LogP contribution in [0.25, 0.3) is 0 Å². The van der Waals surface area contributed by atoms with E-state index in [0.29, 0.717) is 11.4 Å². The van der Waals surface area contributed by atoms with Gasteiger partial charge in [0.25, 0.3) is 0 Å². The minimum Gasteiger partial charge on any atom is -0.460 e. The lowest BCUT2D eigenvalue weighted by Gasteiger charge is -2.09. The average molecular weight is 228 g/mol. The largest absolute Gasteiger partial charge is 0.460 e. The Hall–Kier alpha value is -1.06. The number of hydrogen-bond donors (Lipinski definition) is 1. The van der Waals surface area contributed by atoms with Crippen LogP contribution in [-0.2, 0) is 16.1 Å². The number of halogens is 1. The molecule has 1 atom stereocenters. The molecule has 0 aliphatic heterocycles. The van der Waals surface area contributed by atoms with Gasteiger partial charge >= 0.3 is 5.97 Å². The summed E-state index contributed by atoms with van der Waals surface area (Å²) >= 11 is 5.72. The molecule has 0 heterocycles. The molecule has 15 heavy (non-hydrogen) atoms. The second-order valence-electron chi connectivity index (χ2n) is 3.25. The maximum Gasteiger partial charge on any atom is 0.323 e. The van der Waals surface area contributed by atoms with E-state index in [1.807, 2.05) is 19.1 Å². The number of hydrogen-bond acceptors (Lipinski definition) is 3. The summed E-state index contributed by atoms with van der Waals surface area (Å²) in [5.74, 6) is -0.368. The first kappa shape index (κ1) is 12.0. The first-order chi connectivity index (χ1) is 7.13. The number of carbonyl (C=O) groups excluding carboxylic acids is 1. The van der Waals surface area contributed by atoms with Gasteiger partial charge in [-0.25, -0.2) is 0 Å².